The van der Waals surface area contributed by atoms with Crippen molar-refractivity contribution in [1.82, 2.24) is 0 Å². The van der Waals surface area contributed by atoms with E-state index in [1.807, 2.05) is 0 Å². The summed E-state index contributed by atoms with van der Waals surface area (Å²) in [4.78, 5) is 11.3. The third-order valence-electron chi connectivity index (χ3n) is 2.43. The van der Waals surface area contributed by atoms with Crippen LogP contribution < -0.4 is 4.74 Å². The number of hydrogen-bond acceptors (Lipinski definition) is 4. The van der Waals surface area contributed by atoms with Gasteiger partial charge in [0.15, 0.2) is 0 Å². The van der Waals surface area contributed by atoms with Crippen LogP contribution in [0.2, 0.25) is 0 Å². The van der Waals surface area contributed by atoms with Crippen molar-refractivity contribution in [3.8, 4) is 5.75 Å². The van der Waals surface area contributed by atoms with Gasteiger partial charge in [-0.2, -0.15) is 8.78 Å². The molecule has 0 aliphatic rings. The van der Waals surface area contributed by atoms with Gasteiger partial charge in [-0.3, -0.25) is 4.79 Å². The van der Waals surface area contributed by atoms with Gasteiger partial charge in [0.25, 0.3) is 0 Å². The van der Waals surface area contributed by atoms with E-state index in [0.717, 1.165) is 0 Å². The van der Waals surface area contributed by atoms with E-state index in [2.05, 4.69) is 20.7 Å². The van der Waals surface area contributed by atoms with E-state index in [0.29, 0.717) is 11.9 Å². The summed E-state index contributed by atoms with van der Waals surface area (Å²) in [6.07, 6.45) is -0.433. The van der Waals surface area contributed by atoms with E-state index in [4.69, 9.17) is 9.47 Å². The number of esters is 1. The molecule has 23 heavy (non-hydrogen) atoms. The van der Waals surface area contributed by atoms with Crippen molar-refractivity contribution < 1.29 is 41.0 Å². The molecule has 0 saturated carbocycles. The molecule has 0 aliphatic carbocycles. The molecule has 1 aromatic rings. The zero-order chi connectivity index (χ0) is 17.4. The molecule has 0 heterocycles. The maximum atomic E-state index is 13.3. The third kappa shape index (κ3) is 5.70. The van der Waals surface area contributed by atoms with Gasteiger partial charge >= 0.3 is 5.97 Å². The highest BCUT2D eigenvalue weighted by atomic mass is 79.9. The predicted molar refractivity (Wildman–Crippen MR) is 71.9 cm³/mol. The highest BCUT2D eigenvalue weighted by molar-refractivity contribution is 9.09. The van der Waals surface area contributed by atoms with Gasteiger partial charge in [-0.25, -0.2) is 13.2 Å². The molecule has 0 aromatic heterocycles. The Bertz CT molecular complexity index is 527. The quantitative estimate of drug-likeness (QED) is 0.120. The summed E-state index contributed by atoms with van der Waals surface area (Å²) < 4.78 is 79.4. The number of benzene rings is 1. The first-order chi connectivity index (χ1) is 10.9. The number of halogens is 6. The topological polar surface area (TPSA) is 44.8 Å². The van der Waals surface area contributed by atoms with Crippen molar-refractivity contribution in [2.24, 2.45) is 0 Å². The van der Waals surface area contributed by atoms with Crippen molar-refractivity contribution in [3.63, 3.8) is 0 Å². The van der Waals surface area contributed by atoms with Crippen molar-refractivity contribution in [1.29, 1.82) is 0 Å². The van der Waals surface area contributed by atoms with Crippen LogP contribution in [0, 0.1) is 29.1 Å². The fourth-order valence-electron chi connectivity index (χ4n) is 1.37. The molecule has 0 N–H and O–H groups in total. The highest BCUT2D eigenvalue weighted by Crippen LogP contribution is 2.29. The zero-order valence-corrected chi connectivity index (χ0v) is 13.2. The first-order valence-electron chi connectivity index (χ1n) is 6.33. The summed E-state index contributed by atoms with van der Waals surface area (Å²) in [6, 6.07) is 0. The average molecular weight is 407 g/mol. The van der Waals surface area contributed by atoms with Crippen LogP contribution in [0.25, 0.3) is 0 Å². The van der Waals surface area contributed by atoms with Crippen LogP contribution in [-0.2, 0) is 14.3 Å². The fraction of sp³-hybridized carbons (Fsp3) is 0.462. The Morgan fingerprint density at radius 2 is 1.26 bits per heavy atom. The van der Waals surface area contributed by atoms with Gasteiger partial charge in [0.05, 0.1) is 32.8 Å². The molecule has 4 nitrogen and oxygen atoms in total. The van der Waals surface area contributed by atoms with Gasteiger partial charge < -0.3 is 14.2 Å². The molecule has 0 unspecified atom stereocenters. The normalized spacial score (nSPS) is 10.9. The molecule has 0 saturated heterocycles. The van der Waals surface area contributed by atoms with E-state index in [1.165, 1.54) is 0 Å². The van der Waals surface area contributed by atoms with Gasteiger partial charge in [-0.1, -0.05) is 15.9 Å². The second-order valence-corrected chi connectivity index (χ2v) is 4.83. The molecular formula is C13H12BrF5O4. The lowest BCUT2D eigenvalue weighted by molar-refractivity contribution is -0.136. The Morgan fingerprint density at radius 1 is 0.783 bits per heavy atom. The lowest BCUT2D eigenvalue weighted by atomic mass is 10.2. The Kier molecular flexibility index (Phi) is 8.42. The lowest BCUT2D eigenvalue weighted by Gasteiger charge is -2.09. The monoisotopic (exact) mass is 406 g/mol. The molecule has 1 rings (SSSR count). The number of ether oxygens (including phenoxy) is 3. The van der Waals surface area contributed by atoms with E-state index < -0.39 is 47.2 Å². The molecule has 0 atom stereocenters. The minimum absolute atomic E-state index is 0.161. The maximum Gasteiger partial charge on any atom is 0.313 e. The van der Waals surface area contributed by atoms with Crippen molar-refractivity contribution in [2.45, 2.75) is 6.42 Å². The number of rotatable bonds is 9. The Hall–Kier alpha value is -1.26. The summed E-state index contributed by atoms with van der Waals surface area (Å²) in [5, 5.41) is 0.654. The molecule has 1 aromatic carbocycles. The fourth-order valence-corrected chi connectivity index (χ4v) is 1.60. The van der Waals surface area contributed by atoms with Crippen LogP contribution in [-0.4, -0.2) is 37.7 Å². The Labute approximate surface area is 136 Å². The Morgan fingerprint density at radius 3 is 1.78 bits per heavy atom. The number of carbonyl (C=O) groups is 1. The van der Waals surface area contributed by atoms with Gasteiger partial charge in [-0.15, -0.1) is 0 Å². The molecule has 10 heteroatoms. The van der Waals surface area contributed by atoms with Crippen molar-refractivity contribution in [2.75, 3.05) is 31.8 Å². The average Bonchev–Trinajstić information content (AvgIpc) is 2.54. The standard InChI is InChI=1S/C13H12BrF5O4/c14-2-4-22-6-5-21-3-1-7(20)23-13-11(18)9(16)8(15)10(17)12(13)19/h1-6H2. The van der Waals surface area contributed by atoms with Crippen LogP contribution in [0.1, 0.15) is 6.42 Å². The van der Waals surface area contributed by atoms with Crippen LogP contribution in [0.4, 0.5) is 22.0 Å². The predicted octanol–water partition coefficient (Wildman–Crippen LogP) is 3.11. The van der Waals surface area contributed by atoms with Crippen LogP contribution in [0.3, 0.4) is 0 Å². The number of hydrogen-bond donors (Lipinski definition) is 0. The van der Waals surface area contributed by atoms with Crippen LogP contribution in [0.5, 0.6) is 5.75 Å². The maximum absolute atomic E-state index is 13.3. The largest absolute Gasteiger partial charge is 0.420 e. The Balaban J connectivity index is 2.49. The molecule has 0 bridgehead atoms. The number of carbonyl (C=O) groups excluding carboxylic acids is 1. The van der Waals surface area contributed by atoms with Gasteiger partial charge in [0.1, 0.15) is 0 Å². The molecule has 0 fully saturated rings. The lowest BCUT2D eigenvalue weighted by Crippen LogP contribution is -2.16. The van der Waals surface area contributed by atoms with Gasteiger partial charge in [0.2, 0.25) is 34.8 Å². The van der Waals surface area contributed by atoms with E-state index >= 15 is 0 Å². The van der Waals surface area contributed by atoms with Crippen LogP contribution in [0.15, 0.2) is 0 Å². The minimum Gasteiger partial charge on any atom is -0.420 e. The molecule has 0 radical (unpaired) electrons. The van der Waals surface area contributed by atoms with Gasteiger partial charge in [0, 0.05) is 5.33 Å². The van der Waals surface area contributed by atoms with Crippen molar-refractivity contribution in [3.05, 3.63) is 29.1 Å². The smallest absolute Gasteiger partial charge is 0.313 e. The second-order valence-electron chi connectivity index (χ2n) is 4.04. The summed E-state index contributed by atoms with van der Waals surface area (Å²) in [5.74, 6) is -14.0. The number of alkyl halides is 1. The summed E-state index contributed by atoms with van der Waals surface area (Å²) >= 11 is 3.14. The summed E-state index contributed by atoms with van der Waals surface area (Å²) in [7, 11) is 0. The van der Waals surface area contributed by atoms with E-state index in [-0.39, 0.29) is 19.8 Å². The van der Waals surface area contributed by atoms with E-state index in [9.17, 15) is 26.7 Å². The summed E-state index contributed by atoms with van der Waals surface area (Å²) in [6.45, 7) is 0.763. The molecule has 130 valence electrons. The minimum atomic E-state index is -2.33. The molecule has 0 amide bonds. The second kappa shape index (κ2) is 9.78. The highest BCUT2D eigenvalue weighted by Gasteiger charge is 2.28. The molecule has 0 aliphatic heterocycles. The zero-order valence-electron chi connectivity index (χ0n) is 11.6. The van der Waals surface area contributed by atoms with Crippen molar-refractivity contribution >= 4 is 21.9 Å². The summed E-state index contributed by atoms with van der Waals surface area (Å²) in [5.41, 5.74) is 0. The molecule has 0 spiro atoms. The SMILES string of the molecule is O=C(CCOCCOCCBr)Oc1c(F)c(F)c(F)c(F)c1F. The third-order valence-corrected chi connectivity index (χ3v) is 2.75. The first kappa shape index (κ1) is 19.8. The van der Waals surface area contributed by atoms with Gasteiger partial charge in [-0.05, 0) is 0 Å². The first-order valence-corrected chi connectivity index (χ1v) is 7.45. The van der Waals surface area contributed by atoms with E-state index in [1.54, 1.807) is 0 Å². The van der Waals surface area contributed by atoms with Crippen LogP contribution >= 0.6 is 15.9 Å². The molecular weight excluding hydrogens is 395 g/mol.